The van der Waals surface area contributed by atoms with Crippen molar-refractivity contribution in [3.8, 4) is 0 Å². The summed E-state index contributed by atoms with van der Waals surface area (Å²) in [5.41, 5.74) is 2.36. The summed E-state index contributed by atoms with van der Waals surface area (Å²) < 4.78 is 23.8. The van der Waals surface area contributed by atoms with E-state index in [0.717, 1.165) is 24.9 Å². The molecule has 1 aromatic carbocycles. The molecule has 0 heterocycles. The number of hydrogen-bond acceptors (Lipinski definition) is 3. The minimum atomic E-state index is -3.07. The molecule has 0 radical (unpaired) electrons. The molecule has 0 aromatic heterocycles. The first-order valence-corrected chi connectivity index (χ1v) is 9.78. The molecule has 0 spiro atoms. The molecule has 3 unspecified atom stereocenters. The van der Waals surface area contributed by atoms with Gasteiger partial charge in [0.2, 0.25) is 0 Å². The van der Waals surface area contributed by atoms with E-state index in [9.17, 15) is 8.42 Å². The summed E-state index contributed by atoms with van der Waals surface area (Å²) in [5, 5.41) is 2.94. The zero-order valence-electron chi connectivity index (χ0n) is 13.9. The second-order valence-electron chi connectivity index (χ2n) is 5.94. The predicted molar refractivity (Wildman–Crippen MR) is 90.5 cm³/mol. The second kappa shape index (κ2) is 7.95. The maximum Gasteiger partial charge on any atom is 0.151 e. The average Bonchev–Trinajstić information content (AvgIpc) is 2.46. The van der Waals surface area contributed by atoms with Crippen LogP contribution in [0.5, 0.6) is 0 Å². The largest absolute Gasteiger partial charge is 0.309 e. The van der Waals surface area contributed by atoms with Crippen LogP contribution >= 0.6 is 0 Å². The van der Waals surface area contributed by atoms with Crippen LogP contribution in [0.1, 0.15) is 63.6 Å². The molecule has 120 valence electrons. The molecule has 4 heteroatoms. The molecule has 0 amide bonds. The lowest BCUT2D eigenvalue weighted by Crippen LogP contribution is -2.35. The Kier molecular flexibility index (Phi) is 6.88. The van der Waals surface area contributed by atoms with Crippen LogP contribution in [-0.4, -0.2) is 26.5 Å². The Bertz CT molecular complexity index is 522. The third kappa shape index (κ3) is 5.11. The van der Waals surface area contributed by atoms with E-state index in [0.29, 0.717) is 5.92 Å². The molecule has 0 aliphatic carbocycles. The lowest BCUT2D eigenvalue weighted by Gasteiger charge is -2.25. The minimum Gasteiger partial charge on any atom is -0.309 e. The topological polar surface area (TPSA) is 46.2 Å². The van der Waals surface area contributed by atoms with Crippen LogP contribution < -0.4 is 5.32 Å². The second-order valence-corrected chi connectivity index (χ2v) is 8.35. The Hall–Kier alpha value is -0.870. The molecule has 0 saturated heterocycles. The fourth-order valence-corrected chi connectivity index (χ4v) is 3.12. The summed E-state index contributed by atoms with van der Waals surface area (Å²) in [6.07, 6.45) is 3.40. The fraction of sp³-hybridized carbons (Fsp3) is 0.647. The summed E-state index contributed by atoms with van der Waals surface area (Å²) in [4.78, 5) is 0. The van der Waals surface area contributed by atoms with Gasteiger partial charge in [0.15, 0.2) is 9.84 Å². The minimum absolute atomic E-state index is 0.147. The average molecular weight is 311 g/mol. The SMILES string of the molecule is CCCNC(c1ccc(C(C)CC)cc1)C(C)S(C)(=O)=O. The van der Waals surface area contributed by atoms with Gasteiger partial charge in [0.1, 0.15) is 0 Å². The molecule has 3 atom stereocenters. The highest BCUT2D eigenvalue weighted by Gasteiger charge is 2.26. The van der Waals surface area contributed by atoms with Gasteiger partial charge in [-0.25, -0.2) is 8.42 Å². The molecular formula is C17H29NO2S. The van der Waals surface area contributed by atoms with E-state index in [2.05, 4.69) is 50.4 Å². The monoisotopic (exact) mass is 311 g/mol. The Morgan fingerprint density at radius 3 is 2.00 bits per heavy atom. The van der Waals surface area contributed by atoms with Gasteiger partial charge in [0.25, 0.3) is 0 Å². The van der Waals surface area contributed by atoms with Crippen molar-refractivity contribution in [2.75, 3.05) is 12.8 Å². The van der Waals surface area contributed by atoms with Crippen LogP contribution in [0.2, 0.25) is 0 Å². The summed E-state index contributed by atoms with van der Waals surface area (Å²) in [6.45, 7) is 9.07. The summed E-state index contributed by atoms with van der Waals surface area (Å²) >= 11 is 0. The van der Waals surface area contributed by atoms with E-state index in [-0.39, 0.29) is 6.04 Å². The van der Waals surface area contributed by atoms with Crippen LogP contribution in [-0.2, 0) is 9.84 Å². The van der Waals surface area contributed by atoms with Crippen molar-refractivity contribution < 1.29 is 8.42 Å². The Balaban J connectivity index is 3.03. The quantitative estimate of drug-likeness (QED) is 0.796. The third-order valence-electron chi connectivity index (χ3n) is 4.24. The smallest absolute Gasteiger partial charge is 0.151 e. The Morgan fingerprint density at radius 2 is 1.57 bits per heavy atom. The van der Waals surface area contributed by atoms with Crippen molar-refractivity contribution >= 4 is 9.84 Å². The zero-order valence-corrected chi connectivity index (χ0v) is 14.7. The molecule has 1 N–H and O–H groups in total. The van der Waals surface area contributed by atoms with Gasteiger partial charge >= 0.3 is 0 Å². The molecule has 1 aromatic rings. The van der Waals surface area contributed by atoms with Crippen molar-refractivity contribution in [3.05, 3.63) is 35.4 Å². The molecule has 1 rings (SSSR count). The number of sulfone groups is 1. The van der Waals surface area contributed by atoms with Crippen LogP contribution in [0.25, 0.3) is 0 Å². The Morgan fingerprint density at radius 1 is 1.05 bits per heavy atom. The Labute approximate surface area is 130 Å². The van der Waals surface area contributed by atoms with Crippen molar-refractivity contribution in [2.45, 2.75) is 57.7 Å². The summed E-state index contributed by atoms with van der Waals surface area (Å²) in [7, 11) is -3.07. The van der Waals surface area contributed by atoms with E-state index >= 15 is 0 Å². The highest BCUT2D eigenvalue weighted by molar-refractivity contribution is 7.91. The van der Waals surface area contributed by atoms with Crippen molar-refractivity contribution in [3.63, 3.8) is 0 Å². The predicted octanol–water partition coefficient (Wildman–Crippen LogP) is 3.67. The zero-order chi connectivity index (χ0) is 16.0. The van der Waals surface area contributed by atoms with Crippen molar-refractivity contribution in [1.29, 1.82) is 0 Å². The maximum absolute atomic E-state index is 11.9. The van der Waals surface area contributed by atoms with Crippen LogP contribution in [0, 0.1) is 0 Å². The van der Waals surface area contributed by atoms with Gasteiger partial charge in [-0.3, -0.25) is 0 Å². The molecule has 0 aliphatic heterocycles. The van der Waals surface area contributed by atoms with Gasteiger partial charge in [0.05, 0.1) is 5.25 Å². The lowest BCUT2D eigenvalue weighted by atomic mass is 9.95. The number of benzene rings is 1. The number of nitrogens with one attached hydrogen (secondary N) is 1. The molecule has 0 fully saturated rings. The standard InChI is InChI=1S/C17H29NO2S/c1-6-12-18-17(14(4)21(5,19)20)16-10-8-15(9-11-16)13(3)7-2/h8-11,13-14,17-18H,6-7,12H2,1-5H3. The van der Waals surface area contributed by atoms with Gasteiger partial charge < -0.3 is 5.32 Å². The molecule has 0 bridgehead atoms. The van der Waals surface area contributed by atoms with Gasteiger partial charge in [-0.1, -0.05) is 45.0 Å². The van der Waals surface area contributed by atoms with Gasteiger partial charge in [-0.2, -0.15) is 0 Å². The highest BCUT2D eigenvalue weighted by atomic mass is 32.2. The van der Waals surface area contributed by atoms with Crippen LogP contribution in [0.4, 0.5) is 0 Å². The number of rotatable bonds is 8. The molecule has 0 aliphatic rings. The maximum atomic E-state index is 11.9. The molecule has 0 saturated carbocycles. The van der Waals surface area contributed by atoms with Gasteiger partial charge in [-0.05, 0) is 43.4 Å². The van der Waals surface area contributed by atoms with Gasteiger partial charge in [0, 0.05) is 12.3 Å². The van der Waals surface area contributed by atoms with E-state index in [1.165, 1.54) is 11.8 Å². The van der Waals surface area contributed by atoms with Gasteiger partial charge in [-0.15, -0.1) is 0 Å². The van der Waals surface area contributed by atoms with E-state index in [1.54, 1.807) is 6.92 Å². The number of hydrogen-bond donors (Lipinski definition) is 1. The molecular weight excluding hydrogens is 282 g/mol. The van der Waals surface area contributed by atoms with Crippen LogP contribution in [0.15, 0.2) is 24.3 Å². The fourth-order valence-electron chi connectivity index (χ4n) is 2.37. The summed E-state index contributed by atoms with van der Waals surface area (Å²) in [5.74, 6) is 0.536. The lowest BCUT2D eigenvalue weighted by molar-refractivity contribution is 0.500. The summed E-state index contributed by atoms with van der Waals surface area (Å²) in [6, 6.07) is 8.23. The normalized spacial score (nSPS) is 16.4. The first kappa shape index (κ1) is 18.2. The third-order valence-corrected chi connectivity index (χ3v) is 5.86. The van der Waals surface area contributed by atoms with E-state index < -0.39 is 15.1 Å². The highest BCUT2D eigenvalue weighted by Crippen LogP contribution is 2.25. The first-order valence-electron chi connectivity index (χ1n) is 7.83. The van der Waals surface area contributed by atoms with E-state index in [1.807, 2.05) is 0 Å². The molecule has 3 nitrogen and oxygen atoms in total. The molecule has 21 heavy (non-hydrogen) atoms. The van der Waals surface area contributed by atoms with Crippen molar-refractivity contribution in [1.82, 2.24) is 5.32 Å². The van der Waals surface area contributed by atoms with Crippen LogP contribution in [0.3, 0.4) is 0 Å². The van der Waals surface area contributed by atoms with Crippen molar-refractivity contribution in [2.24, 2.45) is 0 Å². The first-order chi connectivity index (χ1) is 9.81. The van der Waals surface area contributed by atoms with E-state index in [4.69, 9.17) is 0 Å².